The van der Waals surface area contributed by atoms with E-state index in [2.05, 4.69) is 28.1 Å². The SMILES string of the molecule is C[C@]12CC[C@@H]3c4ccc(O)cc4CC[C@H]3[C@@H]1CC[C@@H]2OCCN1CCN(C(=O)c2cc(Cc3n[nH]c(=O)c4ccccc34)ccc2F)CC1. The Kier molecular flexibility index (Phi) is 8.52. The first-order chi connectivity index (χ1) is 23.8. The van der Waals surface area contributed by atoms with Crippen LogP contribution in [0.4, 0.5) is 4.39 Å². The molecule has 1 amide bonds. The summed E-state index contributed by atoms with van der Waals surface area (Å²) in [6, 6.07) is 17.9. The van der Waals surface area contributed by atoms with Crippen LogP contribution in [-0.2, 0) is 17.6 Å². The lowest BCUT2D eigenvalue weighted by molar-refractivity contribution is -0.0688. The standard InChI is InChI=1S/C40H45FN4O4/c1-40-15-14-29-28-10-8-27(46)24-26(28)7-9-30(29)34(40)11-13-37(40)49-21-20-44-16-18-45(19-17-44)39(48)33-22-25(6-12-35(33)41)23-36-31-4-2-3-5-32(31)38(47)43-42-36/h2-6,8,10,12,22,24,29-30,34,37,46H,7,9,11,13-21,23H2,1H3,(H,43,47)/t29-,30-,34+,37+,40+/m1/s1. The van der Waals surface area contributed by atoms with Crippen LogP contribution >= 0.6 is 0 Å². The van der Waals surface area contributed by atoms with Crippen molar-refractivity contribution < 1.29 is 19.0 Å². The van der Waals surface area contributed by atoms with Crippen molar-refractivity contribution in [3.63, 3.8) is 0 Å². The number of piperazine rings is 1. The Morgan fingerprint density at radius 2 is 1.84 bits per heavy atom. The fraction of sp³-hybridized carbons (Fsp3) is 0.475. The molecule has 1 saturated heterocycles. The van der Waals surface area contributed by atoms with E-state index in [4.69, 9.17) is 4.74 Å². The number of aryl methyl sites for hydroxylation is 1. The molecule has 4 aromatic rings. The van der Waals surface area contributed by atoms with Gasteiger partial charge in [-0.3, -0.25) is 14.5 Å². The third-order valence-corrected chi connectivity index (χ3v) is 12.4. The monoisotopic (exact) mass is 664 g/mol. The molecule has 0 unspecified atom stereocenters. The number of hydrogen-bond donors (Lipinski definition) is 2. The van der Waals surface area contributed by atoms with Crippen LogP contribution in [0.5, 0.6) is 5.75 Å². The molecule has 9 heteroatoms. The van der Waals surface area contributed by atoms with Crippen LogP contribution in [0.25, 0.3) is 10.8 Å². The topological polar surface area (TPSA) is 98.8 Å². The minimum atomic E-state index is -0.530. The van der Waals surface area contributed by atoms with Crippen molar-refractivity contribution in [1.29, 1.82) is 0 Å². The maximum absolute atomic E-state index is 15.0. The smallest absolute Gasteiger partial charge is 0.272 e. The number of nitrogens with one attached hydrogen (secondary N) is 1. The van der Waals surface area contributed by atoms with E-state index in [0.717, 1.165) is 43.4 Å². The average molecular weight is 665 g/mol. The van der Waals surface area contributed by atoms with E-state index in [1.807, 2.05) is 30.3 Å². The van der Waals surface area contributed by atoms with E-state index in [1.54, 1.807) is 23.1 Å². The van der Waals surface area contributed by atoms with Gasteiger partial charge in [0.2, 0.25) is 0 Å². The lowest BCUT2D eigenvalue weighted by Crippen LogP contribution is -2.50. The largest absolute Gasteiger partial charge is 0.508 e. The van der Waals surface area contributed by atoms with E-state index in [1.165, 1.54) is 42.9 Å². The zero-order valence-electron chi connectivity index (χ0n) is 28.2. The summed E-state index contributed by atoms with van der Waals surface area (Å²) in [5, 5.41) is 18.1. The number of fused-ring (bicyclic) bond motifs is 6. The number of phenols is 1. The number of H-pyrrole nitrogens is 1. The van der Waals surface area contributed by atoms with Crippen LogP contribution in [0.1, 0.15) is 77.7 Å². The van der Waals surface area contributed by atoms with Crippen molar-refractivity contribution >= 4 is 16.7 Å². The number of carbonyl (C=O) groups is 1. The van der Waals surface area contributed by atoms with Gasteiger partial charge in [-0.2, -0.15) is 5.10 Å². The van der Waals surface area contributed by atoms with Gasteiger partial charge in [0.1, 0.15) is 11.6 Å². The number of hydrogen-bond acceptors (Lipinski definition) is 6. The van der Waals surface area contributed by atoms with Crippen LogP contribution in [0, 0.1) is 23.1 Å². The predicted octanol–water partition coefficient (Wildman–Crippen LogP) is 6.06. The number of halogens is 1. The Morgan fingerprint density at radius 3 is 2.67 bits per heavy atom. The number of aromatic amines is 1. The molecule has 3 aromatic carbocycles. The fourth-order valence-corrected chi connectivity index (χ4v) is 9.81. The molecule has 8 rings (SSSR count). The molecule has 2 N–H and O–H groups in total. The molecular formula is C40H45FN4O4. The maximum Gasteiger partial charge on any atom is 0.272 e. The van der Waals surface area contributed by atoms with E-state index in [-0.39, 0.29) is 28.5 Å². The van der Waals surface area contributed by atoms with Gasteiger partial charge in [-0.25, -0.2) is 9.49 Å². The molecule has 3 aliphatic carbocycles. The van der Waals surface area contributed by atoms with E-state index in [0.29, 0.717) is 60.7 Å². The zero-order chi connectivity index (χ0) is 33.7. The first kappa shape index (κ1) is 32.1. The predicted molar refractivity (Wildman–Crippen MR) is 186 cm³/mol. The number of ether oxygens (including phenoxy) is 1. The molecule has 8 nitrogen and oxygen atoms in total. The minimum absolute atomic E-state index is 0.0707. The van der Waals surface area contributed by atoms with Crippen molar-refractivity contribution in [3.05, 3.63) is 105 Å². The van der Waals surface area contributed by atoms with Gasteiger partial charge in [-0.1, -0.05) is 37.3 Å². The molecule has 0 spiro atoms. The van der Waals surface area contributed by atoms with Crippen molar-refractivity contribution in [2.45, 2.75) is 63.9 Å². The molecule has 3 fully saturated rings. The molecule has 5 atom stereocenters. The highest BCUT2D eigenvalue weighted by atomic mass is 19.1. The second kappa shape index (κ2) is 13.0. The summed E-state index contributed by atoms with van der Waals surface area (Å²) in [4.78, 5) is 29.8. The molecule has 2 heterocycles. The first-order valence-corrected chi connectivity index (χ1v) is 18.0. The Balaban J connectivity index is 0.843. The molecular weight excluding hydrogens is 619 g/mol. The van der Waals surface area contributed by atoms with Crippen molar-refractivity contribution in [3.8, 4) is 5.75 Å². The molecule has 1 aliphatic heterocycles. The molecule has 2 saturated carbocycles. The number of aromatic nitrogens is 2. The van der Waals surface area contributed by atoms with Crippen molar-refractivity contribution in [1.82, 2.24) is 20.0 Å². The van der Waals surface area contributed by atoms with Crippen LogP contribution < -0.4 is 5.56 Å². The summed E-state index contributed by atoms with van der Waals surface area (Å²) in [5.74, 6) is 1.53. The fourth-order valence-electron chi connectivity index (χ4n) is 9.81. The molecule has 0 bridgehead atoms. The van der Waals surface area contributed by atoms with Crippen LogP contribution in [0.3, 0.4) is 0 Å². The highest BCUT2D eigenvalue weighted by Crippen LogP contribution is 2.61. The number of nitrogens with zero attached hydrogens (tertiary/aromatic N) is 3. The molecule has 49 heavy (non-hydrogen) atoms. The lowest BCUT2D eigenvalue weighted by atomic mass is 9.55. The minimum Gasteiger partial charge on any atom is -0.508 e. The number of aromatic hydroxyl groups is 1. The summed E-state index contributed by atoms with van der Waals surface area (Å²) in [6.45, 7) is 6.52. The number of carbonyl (C=O) groups excluding carboxylic acids is 1. The summed E-state index contributed by atoms with van der Waals surface area (Å²) in [5.41, 5.74) is 4.26. The summed E-state index contributed by atoms with van der Waals surface area (Å²) < 4.78 is 21.7. The average Bonchev–Trinajstić information content (AvgIpc) is 3.46. The van der Waals surface area contributed by atoms with Crippen LogP contribution in [0.15, 0.2) is 65.5 Å². The Hall–Kier alpha value is -4.08. The summed E-state index contributed by atoms with van der Waals surface area (Å²) >= 11 is 0. The molecule has 4 aliphatic rings. The van der Waals surface area contributed by atoms with Gasteiger partial charge in [-0.15, -0.1) is 0 Å². The quantitative estimate of drug-likeness (QED) is 0.250. The Labute approximate surface area is 286 Å². The number of phenolic OH excluding ortho intramolecular Hbond substituents is 1. The van der Waals surface area contributed by atoms with Gasteiger partial charge in [-0.05, 0) is 109 Å². The third-order valence-electron chi connectivity index (χ3n) is 12.4. The van der Waals surface area contributed by atoms with E-state index < -0.39 is 5.82 Å². The Bertz CT molecular complexity index is 1940. The molecule has 0 radical (unpaired) electrons. The highest BCUT2D eigenvalue weighted by molar-refractivity contribution is 5.95. The van der Waals surface area contributed by atoms with E-state index >= 15 is 0 Å². The number of benzene rings is 3. The third kappa shape index (κ3) is 5.95. The normalized spacial score (nSPS) is 26.7. The maximum atomic E-state index is 15.0. The van der Waals surface area contributed by atoms with Gasteiger partial charge >= 0.3 is 0 Å². The second-order valence-corrected chi connectivity index (χ2v) is 14.9. The zero-order valence-corrected chi connectivity index (χ0v) is 28.2. The van der Waals surface area contributed by atoms with Gasteiger partial charge < -0.3 is 14.7 Å². The Morgan fingerprint density at radius 1 is 1.02 bits per heavy atom. The van der Waals surface area contributed by atoms with Gasteiger partial charge in [0, 0.05) is 44.5 Å². The number of rotatable bonds is 7. The van der Waals surface area contributed by atoms with E-state index in [9.17, 15) is 19.1 Å². The van der Waals surface area contributed by atoms with Crippen LogP contribution in [0.2, 0.25) is 0 Å². The lowest BCUT2D eigenvalue weighted by Gasteiger charge is -2.50. The molecule has 256 valence electrons. The van der Waals surface area contributed by atoms with Crippen molar-refractivity contribution in [2.24, 2.45) is 17.3 Å². The first-order valence-electron chi connectivity index (χ1n) is 18.0. The second-order valence-electron chi connectivity index (χ2n) is 14.9. The molecule has 1 aromatic heterocycles. The van der Waals surface area contributed by atoms with Gasteiger partial charge in [0.15, 0.2) is 0 Å². The summed E-state index contributed by atoms with van der Waals surface area (Å²) in [7, 11) is 0. The summed E-state index contributed by atoms with van der Waals surface area (Å²) in [6.07, 6.45) is 7.63. The van der Waals surface area contributed by atoms with Crippen molar-refractivity contribution in [2.75, 3.05) is 39.3 Å². The van der Waals surface area contributed by atoms with Crippen LogP contribution in [-0.4, -0.2) is 76.4 Å². The van der Waals surface area contributed by atoms with Gasteiger partial charge in [0.25, 0.3) is 11.5 Å². The number of amides is 1. The highest BCUT2D eigenvalue weighted by Gasteiger charge is 2.55. The van der Waals surface area contributed by atoms with Gasteiger partial charge in [0.05, 0.1) is 29.4 Å².